The lowest BCUT2D eigenvalue weighted by molar-refractivity contribution is -0.215. The number of aryl methyl sites for hydroxylation is 1. The largest absolute Gasteiger partial charge is 0.415 e. The lowest BCUT2D eigenvalue weighted by Gasteiger charge is -2.37. The molecule has 2 aromatic carbocycles. The maximum absolute atomic E-state index is 15.0. The van der Waals surface area contributed by atoms with Crippen molar-refractivity contribution in [1.82, 2.24) is 0 Å². The normalized spacial score (nSPS) is 26.2. The van der Waals surface area contributed by atoms with Gasteiger partial charge in [0, 0.05) is 22.8 Å². The van der Waals surface area contributed by atoms with Crippen LogP contribution in [0.5, 0.6) is 0 Å². The summed E-state index contributed by atoms with van der Waals surface area (Å²) in [5.74, 6) is -1.81. The summed E-state index contributed by atoms with van der Waals surface area (Å²) in [6, 6.07) is 13.2. The van der Waals surface area contributed by atoms with Gasteiger partial charge in [0.2, 0.25) is 0 Å². The monoisotopic (exact) mass is 437 g/mol. The van der Waals surface area contributed by atoms with Gasteiger partial charge in [0.15, 0.2) is 11.9 Å². The van der Waals surface area contributed by atoms with Crippen LogP contribution in [0.25, 0.3) is 0 Å². The molecule has 2 aliphatic rings. The van der Waals surface area contributed by atoms with Gasteiger partial charge in [-0.05, 0) is 12.5 Å². The Labute approximate surface area is 175 Å². The molecular weight excluding hydrogens is 418 g/mol. The van der Waals surface area contributed by atoms with Crippen LogP contribution in [0.1, 0.15) is 27.9 Å². The fourth-order valence-electron chi connectivity index (χ4n) is 4.07. The lowest BCUT2D eigenvalue weighted by atomic mass is 9.78. The Hall–Kier alpha value is -2.19. The molecular formula is C22H19F4NO2S. The number of Topliss-reactive ketones (excluding diaryl/α,β-unsaturated/α-hetero) is 1. The van der Waals surface area contributed by atoms with Gasteiger partial charge in [-0.1, -0.05) is 48.5 Å². The van der Waals surface area contributed by atoms with Gasteiger partial charge in [0.25, 0.3) is 0 Å². The number of ether oxygens (including phenoxy) is 1. The number of rotatable bonds is 4. The second-order valence-corrected chi connectivity index (χ2v) is 8.62. The smallest absolute Gasteiger partial charge is 0.365 e. The summed E-state index contributed by atoms with van der Waals surface area (Å²) in [6.07, 6.45) is -6.66. The van der Waals surface area contributed by atoms with Gasteiger partial charge in [-0.3, -0.25) is 9.79 Å². The summed E-state index contributed by atoms with van der Waals surface area (Å²) in [6.45, 7) is 1.18. The number of nitrogens with zero attached hydrogens (tertiary/aromatic N) is 1. The molecule has 0 N–H and O–H groups in total. The Morgan fingerprint density at radius 2 is 1.93 bits per heavy atom. The molecule has 30 heavy (non-hydrogen) atoms. The minimum atomic E-state index is -4.58. The number of aliphatic imine (C=N–C) groups is 1. The number of benzene rings is 2. The van der Waals surface area contributed by atoms with E-state index < -0.39 is 29.6 Å². The molecule has 0 aliphatic carbocycles. The van der Waals surface area contributed by atoms with Gasteiger partial charge in [0.1, 0.15) is 11.4 Å². The van der Waals surface area contributed by atoms with Crippen LogP contribution in [-0.4, -0.2) is 35.5 Å². The molecule has 0 spiro atoms. The zero-order valence-corrected chi connectivity index (χ0v) is 16.9. The minimum absolute atomic E-state index is 0.0401. The van der Waals surface area contributed by atoms with Crippen LogP contribution < -0.4 is 0 Å². The van der Waals surface area contributed by atoms with E-state index in [0.29, 0.717) is 16.2 Å². The SMILES string of the molecule is Cc1cccc([C@]23CO[C@H](C(F)(F)F)[C@H]2CSC(CC(=O)c2ccccc2)=N3)c1F. The molecule has 0 amide bonds. The second kappa shape index (κ2) is 7.81. The van der Waals surface area contributed by atoms with Gasteiger partial charge in [-0.2, -0.15) is 13.2 Å². The maximum atomic E-state index is 15.0. The van der Waals surface area contributed by atoms with Gasteiger partial charge in [0.05, 0.1) is 18.1 Å². The van der Waals surface area contributed by atoms with E-state index in [1.54, 1.807) is 49.4 Å². The highest BCUT2D eigenvalue weighted by molar-refractivity contribution is 8.14. The molecule has 4 rings (SSSR count). The number of ketones is 1. The quantitative estimate of drug-likeness (QED) is 0.480. The first-order chi connectivity index (χ1) is 14.2. The van der Waals surface area contributed by atoms with Gasteiger partial charge >= 0.3 is 6.18 Å². The molecule has 2 heterocycles. The van der Waals surface area contributed by atoms with E-state index in [-0.39, 0.29) is 30.1 Å². The summed E-state index contributed by atoms with van der Waals surface area (Å²) in [4.78, 5) is 17.2. The van der Waals surface area contributed by atoms with Gasteiger partial charge in [-0.15, -0.1) is 11.8 Å². The van der Waals surface area contributed by atoms with Crippen LogP contribution in [0, 0.1) is 18.7 Å². The van der Waals surface area contributed by atoms with E-state index in [9.17, 15) is 18.0 Å². The Balaban J connectivity index is 1.76. The van der Waals surface area contributed by atoms with Crippen LogP contribution >= 0.6 is 11.8 Å². The van der Waals surface area contributed by atoms with E-state index in [1.165, 1.54) is 6.07 Å². The fraction of sp³-hybridized carbons (Fsp3) is 0.364. The summed E-state index contributed by atoms with van der Waals surface area (Å²) >= 11 is 1.11. The molecule has 0 saturated carbocycles. The number of hydrogen-bond donors (Lipinski definition) is 0. The van der Waals surface area contributed by atoms with Crippen molar-refractivity contribution in [1.29, 1.82) is 0 Å². The number of carbonyl (C=O) groups is 1. The first kappa shape index (κ1) is 21.1. The van der Waals surface area contributed by atoms with Crippen molar-refractivity contribution in [3.8, 4) is 0 Å². The second-order valence-electron chi connectivity index (χ2n) is 7.52. The van der Waals surface area contributed by atoms with Crippen LogP contribution in [0.3, 0.4) is 0 Å². The molecule has 0 bridgehead atoms. The predicted octanol–water partition coefficient (Wildman–Crippen LogP) is 5.33. The highest BCUT2D eigenvalue weighted by Gasteiger charge is 2.62. The third-order valence-corrected chi connectivity index (χ3v) is 6.70. The molecule has 0 unspecified atom stereocenters. The van der Waals surface area contributed by atoms with Crippen LogP contribution in [0.2, 0.25) is 0 Å². The van der Waals surface area contributed by atoms with Crippen molar-refractivity contribution in [3.05, 3.63) is 71.0 Å². The molecule has 158 valence electrons. The number of hydrogen-bond acceptors (Lipinski definition) is 4. The summed E-state index contributed by atoms with van der Waals surface area (Å²) < 4.78 is 61.0. The number of thioether (sulfide) groups is 1. The predicted molar refractivity (Wildman–Crippen MR) is 107 cm³/mol. The highest BCUT2D eigenvalue weighted by atomic mass is 32.2. The van der Waals surface area contributed by atoms with Crippen molar-refractivity contribution in [3.63, 3.8) is 0 Å². The summed E-state index contributed by atoms with van der Waals surface area (Å²) in [5.41, 5.74) is -0.599. The minimum Gasteiger partial charge on any atom is -0.365 e. The van der Waals surface area contributed by atoms with E-state index in [1.807, 2.05) is 0 Å². The van der Waals surface area contributed by atoms with Crippen molar-refractivity contribution in [2.45, 2.75) is 31.2 Å². The summed E-state index contributed by atoms with van der Waals surface area (Å²) in [5, 5.41) is 0.396. The molecule has 1 fully saturated rings. The van der Waals surface area contributed by atoms with Crippen LogP contribution in [0.15, 0.2) is 53.5 Å². The zero-order chi connectivity index (χ0) is 21.5. The van der Waals surface area contributed by atoms with Crippen LogP contribution in [0.4, 0.5) is 17.6 Å². The standard InChI is InChI=1S/C22H19F4NO2S/c1-13-6-5-9-15(19(13)23)21-12-29-20(22(24,25)26)16(21)11-30-18(27-21)10-17(28)14-7-3-2-4-8-14/h2-9,16,20H,10-12H2,1H3/t16-,20+,21-/m1/s1. The lowest BCUT2D eigenvalue weighted by Crippen LogP contribution is -2.45. The topological polar surface area (TPSA) is 38.7 Å². The van der Waals surface area contributed by atoms with E-state index >= 15 is 4.39 Å². The average molecular weight is 437 g/mol. The highest BCUT2D eigenvalue weighted by Crippen LogP contribution is 2.52. The first-order valence-corrected chi connectivity index (χ1v) is 10.4. The summed E-state index contributed by atoms with van der Waals surface area (Å²) in [7, 11) is 0. The molecule has 8 heteroatoms. The van der Waals surface area contributed by atoms with Crippen molar-refractivity contribution < 1.29 is 27.1 Å². The average Bonchev–Trinajstić information content (AvgIpc) is 3.11. The number of fused-ring (bicyclic) bond motifs is 1. The third-order valence-electron chi connectivity index (χ3n) is 5.60. The number of halogens is 4. The van der Waals surface area contributed by atoms with Gasteiger partial charge < -0.3 is 4.74 Å². The molecule has 2 aliphatic heterocycles. The Bertz CT molecular complexity index is 992. The van der Waals surface area contributed by atoms with Crippen molar-refractivity contribution in [2.24, 2.45) is 10.9 Å². The van der Waals surface area contributed by atoms with E-state index in [0.717, 1.165) is 11.8 Å². The molecule has 3 atom stereocenters. The molecule has 3 nitrogen and oxygen atoms in total. The third kappa shape index (κ3) is 3.67. The Morgan fingerprint density at radius 1 is 1.20 bits per heavy atom. The zero-order valence-electron chi connectivity index (χ0n) is 16.1. The van der Waals surface area contributed by atoms with E-state index in [2.05, 4.69) is 4.99 Å². The molecule has 0 aromatic heterocycles. The Morgan fingerprint density at radius 3 is 2.63 bits per heavy atom. The fourth-order valence-corrected chi connectivity index (χ4v) is 5.35. The van der Waals surface area contributed by atoms with Crippen molar-refractivity contribution >= 4 is 22.6 Å². The van der Waals surface area contributed by atoms with Crippen molar-refractivity contribution in [2.75, 3.05) is 12.4 Å². The molecule has 2 aromatic rings. The Kier molecular flexibility index (Phi) is 5.48. The van der Waals surface area contributed by atoms with Crippen LogP contribution in [-0.2, 0) is 10.3 Å². The first-order valence-electron chi connectivity index (χ1n) is 9.46. The van der Waals surface area contributed by atoms with E-state index in [4.69, 9.17) is 4.74 Å². The number of carbonyl (C=O) groups excluding carboxylic acids is 1. The van der Waals surface area contributed by atoms with Gasteiger partial charge in [-0.25, -0.2) is 4.39 Å². The molecule has 1 saturated heterocycles. The molecule has 0 radical (unpaired) electrons. The number of alkyl halides is 3. The maximum Gasteiger partial charge on any atom is 0.415 e.